The number of ether oxygens (including phenoxy) is 1. The van der Waals surface area contributed by atoms with Crippen LogP contribution in [0.15, 0.2) is 66.7 Å². The van der Waals surface area contributed by atoms with E-state index in [1.165, 1.54) is 12.1 Å². The van der Waals surface area contributed by atoms with E-state index in [0.717, 1.165) is 22.1 Å². The average molecular weight is 339 g/mol. The van der Waals surface area contributed by atoms with Crippen molar-refractivity contribution in [1.29, 1.82) is 0 Å². The Hall–Kier alpha value is -2.43. The fourth-order valence-corrected chi connectivity index (χ4v) is 2.93. The summed E-state index contributed by atoms with van der Waals surface area (Å²) in [7, 11) is 1.89. The number of likely N-dealkylation sites (N-methyl/N-ethyl adjacent to an activating group) is 1. The fourth-order valence-electron chi connectivity index (χ4n) is 2.93. The van der Waals surface area contributed by atoms with Crippen molar-refractivity contribution < 1.29 is 14.2 Å². The molecule has 130 valence electrons. The Morgan fingerprint density at radius 1 is 1.04 bits per heavy atom. The highest BCUT2D eigenvalue weighted by Crippen LogP contribution is 2.25. The second-order valence-electron chi connectivity index (χ2n) is 6.27. The zero-order chi connectivity index (χ0) is 17.6. The van der Waals surface area contributed by atoms with Crippen LogP contribution in [0.2, 0.25) is 0 Å². The Bertz CT molecular complexity index is 831. The molecular weight excluding hydrogens is 317 g/mol. The summed E-state index contributed by atoms with van der Waals surface area (Å²) in [5.41, 5.74) is 0.879. The Labute approximate surface area is 147 Å². The number of fused-ring (bicyclic) bond motifs is 1. The largest absolute Gasteiger partial charge is 0.490 e. The Kier molecular flexibility index (Phi) is 5.64. The van der Waals surface area contributed by atoms with Gasteiger partial charge in [-0.05, 0) is 36.2 Å². The van der Waals surface area contributed by atoms with Crippen LogP contribution in [0.1, 0.15) is 5.56 Å². The molecule has 0 saturated heterocycles. The quantitative estimate of drug-likeness (QED) is 0.710. The lowest BCUT2D eigenvalue weighted by molar-refractivity contribution is 0.0749. The van der Waals surface area contributed by atoms with Gasteiger partial charge in [-0.2, -0.15) is 0 Å². The maximum atomic E-state index is 13.2. The molecule has 1 atom stereocenters. The summed E-state index contributed by atoms with van der Waals surface area (Å²) in [6, 6.07) is 20.4. The number of nitrogens with zero attached hydrogens (tertiary/aromatic N) is 1. The van der Waals surface area contributed by atoms with Gasteiger partial charge < -0.3 is 9.84 Å². The third kappa shape index (κ3) is 4.78. The van der Waals surface area contributed by atoms with Crippen molar-refractivity contribution in [2.75, 3.05) is 20.2 Å². The predicted octanol–water partition coefficient (Wildman–Crippen LogP) is 3.85. The molecule has 1 N–H and O–H groups in total. The molecule has 0 radical (unpaired) electrons. The second kappa shape index (κ2) is 8.10. The van der Waals surface area contributed by atoms with E-state index in [4.69, 9.17) is 4.74 Å². The van der Waals surface area contributed by atoms with Crippen LogP contribution < -0.4 is 4.74 Å². The van der Waals surface area contributed by atoms with Crippen molar-refractivity contribution >= 4 is 10.8 Å². The minimum absolute atomic E-state index is 0.210. The van der Waals surface area contributed by atoms with E-state index in [2.05, 4.69) is 0 Å². The fraction of sp³-hybridized carbons (Fsp3) is 0.238. The van der Waals surface area contributed by atoms with Crippen molar-refractivity contribution in [2.45, 2.75) is 12.6 Å². The number of hydrogen-bond acceptors (Lipinski definition) is 3. The summed E-state index contributed by atoms with van der Waals surface area (Å²) >= 11 is 0. The number of hydrogen-bond donors (Lipinski definition) is 1. The molecule has 0 aliphatic rings. The molecule has 0 aliphatic carbocycles. The van der Waals surface area contributed by atoms with Crippen LogP contribution in [-0.4, -0.2) is 36.3 Å². The van der Waals surface area contributed by atoms with Gasteiger partial charge in [0.2, 0.25) is 0 Å². The van der Waals surface area contributed by atoms with Crippen molar-refractivity contribution in [3.63, 3.8) is 0 Å². The van der Waals surface area contributed by atoms with Crippen LogP contribution in [0.4, 0.5) is 4.39 Å². The molecule has 3 nitrogen and oxygen atoms in total. The molecule has 0 aliphatic heterocycles. The molecule has 0 spiro atoms. The van der Waals surface area contributed by atoms with E-state index >= 15 is 0 Å². The van der Waals surface area contributed by atoms with E-state index in [-0.39, 0.29) is 12.4 Å². The molecule has 1 unspecified atom stereocenters. The summed E-state index contributed by atoms with van der Waals surface area (Å²) in [6.45, 7) is 1.23. The van der Waals surface area contributed by atoms with Gasteiger partial charge in [-0.25, -0.2) is 4.39 Å². The van der Waals surface area contributed by atoms with Crippen LogP contribution in [0.3, 0.4) is 0 Å². The van der Waals surface area contributed by atoms with Crippen LogP contribution in [0, 0.1) is 5.82 Å². The lowest BCUT2D eigenvalue weighted by Gasteiger charge is -2.21. The smallest absolute Gasteiger partial charge is 0.127 e. The molecular formula is C21H22FNO2. The van der Waals surface area contributed by atoms with Gasteiger partial charge in [0, 0.05) is 18.5 Å². The topological polar surface area (TPSA) is 32.7 Å². The summed E-state index contributed by atoms with van der Waals surface area (Å²) in [5.74, 6) is 0.524. The first kappa shape index (κ1) is 17.4. The molecule has 25 heavy (non-hydrogen) atoms. The second-order valence-corrected chi connectivity index (χ2v) is 6.27. The monoisotopic (exact) mass is 339 g/mol. The standard InChI is InChI=1S/C21H22FNO2/c1-23(13-16-6-4-9-18(22)12-16)14-19(24)15-25-21-11-5-8-17-7-2-3-10-20(17)21/h2-12,19,24H,13-15H2,1H3. The van der Waals surface area contributed by atoms with Gasteiger partial charge in [-0.15, -0.1) is 0 Å². The van der Waals surface area contributed by atoms with Gasteiger partial charge in [0.25, 0.3) is 0 Å². The normalized spacial score (nSPS) is 12.5. The van der Waals surface area contributed by atoms with Gasteiger partial charge in [-0.1, -0.05) is 48.5 Å². The third-order valence-corrected chi connectivity index (χ3v) is 4.04. The van der Waals surface area contributed by atoms with Crippen molar-refractivity contribution in [3.05, 3.63) is 78.1 Å². The van der Waals surface area contributed by atoms with Crippen LogP contribution >= 0.6 is 0 Å². The van der Waals surface area contributed by atoms with E-state index in [1.54, 1.807) is 6.07 Å². The van der Waals surface area contributed by atoms with Crippen molar-refractivity contribution in [2.24, 2.45) is 0 Å². The molecule has 0 bridgehead atoms. The molecule has 4 heteroatoms. The number of rotatable bonds is 7. The molecule has 0 saturated carbocycles. The van der Waals surface area contributed by atoms with Gasteiger partial charge in [0.05, 0.1) is 0 Å². The summed E-state index contributed by atoms with van der Waals surface area (Å²) in [5, 5.41) is 12.4. The molecule has 3 aromatic carbocycles. The van der Waals surface area contributed by atoms with E-state index in [1.807, 2.05) is 60.5 Å². The van der Waals surface area contributed by atoms with Gasteiger partial charge in [0.15, 0.2) is 0 Å². The third-order valence-electron chi connectivity index (χ3n) is 4.04. The van der Waals surface area contributed by atoms with Crippen molar-refractivity contribution in [1.82, 2.24) is 4.90 Å². The molecule has 0 aromatic heterocycles. The van der Waals surface area contributed by atoms with Gasteiger partial charge in [-0.3, -0.25) is 4.90 Å². The SMILES string of the molecule is CN(Cc1cccc(F)c1)CC(O)COc1cccc2ccccc12. The molecule has 3 aromatic rings. The number of aliphatic hydroxyl groups excluding tert-OH is 1. The number of halogens is 1. The maximum Gasteiger partial charge on any atom is 0.127 e. The number of aliphatic hydroxyl groups is 1. The molecule has 0 amide bonds. The summed E-state index contributed by atoms with van der Waals surface area (Å²) < 4.78 is 19.0. The Morgan fingerprint density at radius 3 is 2.64 bits per heavy atom. The maximum absolute atomic E-state index is 13.2. The highest BCUT2D eigenvalue weighted by molar-refractivity contribution is 5.88. The average Bonchev–Trinajstić information content (AvgIpc) is 2.59. The zero-order valence-corrected chi connectivity index (χ0v) is 14.2. The first-order chi connectivity index (χ1) is 12.1. The predicted molar refractivity (Wildman–Crippen MR) is 98.2 cm³/mol. The van der Waals surface area contributed by atoms with Crippen LogP contribution in [-0.2, 0) is 6.54 Å². The Morgan fingerprint density at radius 2 is 1.80 bits per heavy atom. The van der Waals surface area contributed by atoms with E-state index < -0.39 is 6.10 Å². The van der Waals surface area contributed by atoms with Crippen LogP contribution in [0.5, 0.6) is 5.75 Å². The van der Waals surface area contributed by atoms with Gasteiger partial charge in [0.1, 0.15) is 24.3 Å². The zero-order valence-electron chi connectivity index (χ0n) is 14.2. The summed E-state index contributed by atoms with van der Waals surface area (Å²) in [4.78, 5) is 1.95. The first-order valence-corrected chi connectivity index (χ1v) is 8.33. The highest BCUT2D eigenvalue weighted by Gasteiger charge is 2.11. The lowest BCUT2D eigenvalue weighted by atomic mass is 10.1. The highest BCUT2D eigenvalue weighted by atomic mass is 19.1. The molecule has 3 rings (SSSR count). The minimum Gasteiger partial charge on any atom is -0.490 e. The lowest BCUT2D eigenvalue weighted by Crippen LogP contribution is -2.32. The first-order valence-electron chi connectivity index (χ1n) is 8.33. The summed E-state index contributed by atoms with van der Waals surface area (Å²) in [6.07, 6.45) is -0.627. The van der Waals surface area contributed by atoms with Gasteiger partial charge >= 0.3 is 0 Å². The minimum atomic E-state index is -0.627. The van der Waals surface area contributed by atoms with Crippen molar-refractivity contribution in [3.8, 4) is 5.75 Å². The van der Waals surface area contributed by atoms with Crippen LogP contribution in [0.25, 0.3) is 10.8 Å². The molecule has 0 heterocycles. The van der Waals surface area contributed by atoms with E-state index in [0.29, 0.717) is 13.1 Å². The van der Waals surface area contributed by atoms with E-state index in [9.17, 15) is 9.50 Å². The number of benzene rings is 3. The Balaban J connectivity index is 1.54. The molecule has 0 fully saturated rings.